The number of fused-ring (bicyclic) bond motifs is 1. The molecule has 0 fully saturated rings. The SMILES string of the molecule is O=C(NCCOCCOCCNc1nc(Nc2ccc(O)cc2)nc(Nc2ccc3c(c2)C(=O)NC3=O)n1)c1ccccc1. The van der Waals surface area contributed by atoms with Crippen molar-refractivity contribution < 1.29 is 29.0 Å². The quantitative estimate of drug-likeness (QED) is 0.0668. The molecule has 2 heterocycles. The smallest absolute Gasteiger partial charge is 0.259 e. The zero-order valence-corrected chi connectivity index (χ0v) is 23.5. The summed E-state index contributed by atoms with van der Waals surface area (Å²) in [7, 11) is 0. The van der Waals surface area contributed by atoms with Crippen molar-refractivity contribution in [1.82, 2.24) is 25.6 Å². The summed E-state index contributed by atoms with van der Waals surface area (Å²) in [5.41, 5.74) is 2.30. The predicted molar refractivity (Wildman–Crippen MR) is 162 cm³/mol. The zero-order valence-electron chi connectivity index (χ0n) is 23.5. The lowest BCUT2D eigenvalue weighted by Crippen LogP contribution is -2.27. The molecule has 5 rings (SSSR count). The Kier molecular flexibility index (Phi) is 9.87. The maximum atomic E-state index is 12.1. The Bertz CT molecular complexity index is 1620. The molecule has 1 aromatic heterocycles. The van der Waals surface area contributed by atoms with Crippen LogP contribution in [0, 0.1) is 0 Å². The molecule has 0 atom stereocenters. The molecule has 0 saturated heterocycles. The normalized spacial score (nSPS) is 11.9. The molecule has 3 amide bonds. The lowest BCUT2D eigenvalue weighted by molar-refractivity contribution is 0.0519. The van der Waals surface area contributed by atoms with Crippen LogP contribution in [0.25, 0.3) is 0 Å². The summed E-state index contributed by atoms with van der Waals surface area (Å²) in [5.74, 6) is -0.278. The van der Waals surface area contributed by atoms with E-state index in [0.29, 0.717) is 62.0 Å². The van der Waals surface area contributed by atoms with Crippen LogP contribution in [0.5, 0.6) is 5.75 Å². The standard InChI is InChI=1S/C30H30N8O6/c39-22-9-6-20(7-10-22)33-29-36-28(37-30(38-29)34-21-8-11-23-24(18-21)27(42)35-26(23)41)32-13-15-44-17-16-43-14-12-31-25(40)19-4-2-1-3-5-19/h1-11,18,39H,12-17H2,(H,31,40)(H,35,41,42)(H3,32,33,34,36,37,38). The second-order valence-corrected chi connectivity index (χ2v) is 9.42. The van der Waals surface area contributed by atoms with Crippen LogP contribution in [0.3, 0.4) is 0 Å². The fourth-order valence-corrected chi connectivity index (χ4v) is 4.10. The summed E-state index contributed by atoms with van der Waals surface area (Å²) >= 11 is 0. The molecule has 3 aromatic carbocycles. The minimum Gasteiger partial charge on any atom is -0.508 e. The van der Waals surface area contributed by atoms with Crippen molar-refractivity contribution in [3.8, 4) is 5.75 Å². The molecule has 0 saturated carbocycles. The van der Waals surface area contributed by atoms with Gasteiger partial charge in [0.05, 0.1) is 37.6 Å². The molecule has 14 nitrogen and oxygen atoms in total. The minimum absolute atomic E-state index is 0.121. The number of nitrogens with one attached hydrogen (secondary N) is 5. The van der Waals surface area contributed by atoms with Crippen molar-refractivity contribution in [3.05, 3.63) is 89.5 Å². The van der Waals surface area contributed by atoms with Crippen molar-refractivity contribution >= 4 is 46.9 Å². The predicted octanol–water partition coefficient (Wildman–Crippen LogP) is 2.82. The number of aromatic nitrogens is 3. The van der Waals surface area contributed by atoms with Gasteiger partial charge in [0.15, 0.2) is 0 Å². The monoisotopic (exact) mass is 598 g/mol. The van der Waals surface area contributed by atoms with Crippen LogP contribution < -0.4 is 26.6 Å². The summed E-state index contributed by atoms with van der Waals surface area (Å²) in [6, 6.07) is 20.1. The number of imide groups is 1. The lowest BCUT2D eigenvalue weighted by Gasteiger charge is -2.12. The first kappa shape index (κ1) is 29.9. The van der Waals surface area contributed by atoms with Crippen molar-refractivity contribution in [2.45, 2.75) is 0 Å². The number of hydrogen-bond acceptors (Lipinski definition) is 12. The minimum atomic E-state index is -0.471. The van der Waals surface area contributed by atoms with Crippen LogP contribution in [0.1, 0.15) is 31.1 Å². The van der Waals surface area contributed by atoms with E-state index in [9.17, 15) is 19.5 Å². The van der Waals surface area contributed by atoms with Crippen LogP contribution in [0.2, 0.25) is 0 Å². The van der Waals surface area contributed by atoms with E-state index < -0.39 is 11.8 Å². The number of aromatic hydroxyl groups is 1. The van der Waals surface area contributed by atoms with Crippen LogP contribution in [-0.2, 0) is 9.47 Å². The van der Waals surface area contributed by atoms with Crippen LogP contribution in [0.15, 0.2) is 72.8 Å². The summed E-state index contributed by atoms with van der Waals surface area (Å²) in [4.78, 5) is 49.2. The maximum absolute atomic E-state index is 12.1. The Hall–Kier alpha value is -5.60. The highest BCUT2D eigenvalue weighted by Crippen LogP contribution is 2.24. The van der Waals surface area contributed by atoms with Gasteiger partial charge in [-0.15, -0.1) is 0 Å². The van der Waals surface area contributed by atoms with E-state index in [0.717, 1.165) is 0 Å². The number of ether oxygens (including phenoxy) is 2. The van der Waals surface area contributed by atoms with Gasteiger partial charge in [0.25, 0.3) is 17.7 Å². The molecule has 0 unspecified atom stereocenters. The Balaban J connectivity index is 1.10. The first-order valence-corrected chi connectivity index (χ1v) is 13.8. The fraction of sp³-hybridized carbons (Fsp3) is 0.200. The molecule has 14 heteroatoms. The van der Waals surface area contributed by atoms with Gasteiger partial charge in [-0.25, -0.2) is 0 Å². The highest BCUT2D eigenvalue weighted by Gasteiger charge is 2.26. The van der Waals surface area contributed by atoms with E-state index in [1.807, 2.05) is 18.2 Å². The van der Waals surface area contributed by atoms with Gasteiger partial charge in [-0.3, -0.25) is 19.7 Å². The molecular weight excluding hydrogens is 568 g/mol. The number of hydrogen-bond donors (Lipinski definition) is 6. The number of anilines is 5. The van der Waals surface area contributed by atoms with Gasteiger partial charge < -0.3 is 35.8 Å². The van der Waals surface area contributed by atoms with Crippen LogP contribution in [0.4, 0.5) is 29.2 Å². The van der Waals surface area contributed by atoms with Gasteiger partial charge in [-0.2, -0.15) is 15.0 Å². The second kappa shape index (κ2) is 14.5. The number of carbonyl (C=O) groups is 3. The Morgan fingerprint density at radius 1 is 0.705 bits per heavy atom. The van der Waals surface area contributed by atoms with Gasteiger partial charge >= 0.3 is 0 Å². The highest BCUT2D eigenvalue weighted by molar-refractivity contribution is 6.21. The Morgan fingerprint density at radius 3 is 2.05 bits per heavy atom. The van der Waals surface area contributed by atoms with Crippen LogP contribution in [-0.4, -0.2) is 77.3 Å². The molecule has 44 heavy (non-hydrogen) atoms. The molecule has 6 N–H and O–H groups in total. The van der Waals surface area contributed by atoms with E-state index in [-0.39, 0.29) is 35.1 Å². The zero-order chi connectivity index (χ0) is 30.7. The average Bonchev–Trinajstić information content (AvgIpc) is 3.31. The summed E-state index contributed by atoms with van der Waals surface area (Å²) in [6.07, 6.45) is 0. The molecule has 0 radical (unpaired) electrons. The number of nitrogens with zero attached hydrogens (tertiary/aromatic N) is 3. The fourth-order valence-electron chi connectivity index (χ4n) is 4.10. The first-order valence-electron chi connectivity index (χ1n) is 13.8. The summed E-state index contributed by atoms with van der Waals surface area (Å²) in [5, 5.41) is 23.8. The van der Waals surface area contributed by atoms with Gasteiger partial charge in [0.1, 0.15) is 5.75 Å². The molecule has 226 valence electrons. The van der Waals surface area contributed by atoms with Crippen molar-refractivity contribution in [2.75, 3.05) is 55.5 Å². The molecule has 0 bridgehead atoms. The third-order valence-corrected chi connectivity index (χ3v) is 6.22. The summed E-state index contributed by atoms with van der Waals surface area (Å²) in [6.45, 7) is 2.21. The van der Waals surface area contributed by atoms with Gasteiger partial charge in [0, 0.05) is 30.0 Å². The van der Waals surface area contributed by atoms with Crippen molar-refractivity contribution in [2.24, 2.45) is 0 Å². The number of phenols is 1. The molecule has 1 aliphatic rings. The Morgan fingerprint density at radius 2 is 1.32 bits per heavy atom. The molecule has 1 aliphatic heterocycles. The number of benzene rings is 3. The van der Waals surface area contributed by atoms with E-state index in [4.69, 9.17) is 9.47 Å². The van der Waals surface area contributed by atoms with Gasteiger partial charge in [-0.1, -0.05) is 18.2 Å². The lowest BCUT2D eigenvalue weighted by atomic mass is 10.1. The third kappa shape index (κ3) is 8.24. The second-order valence-electron chi connectivity index (χ2n) is 9.42. The third-order valence-electron chi connectivity index (χ3n) is 6.22. The first-order chi connectivity index (χ1) is 21.4. The summed E-state index contributed by atoms with van der Waals surface area (Å²) < 4.78 is 11.1. The number of carbonyl (C=O) groups excluding carboxylic acids is 3. The van der Waals surface area contributed by atoms with Crippen molar-refractivity contribution in [1.29, 1.82) is 0 Å². The number of phenolic OH excluding ortho intramolecular Hbond substituents is 1. The van der Waals surface area contributed by atoms with E-state index in [1.54, 1.807) is 42.5 Å². The number of rotatable bonds is 15. The maximum Gasteiger partial charge on any atom is 0.259 e. The Labute approximate surface area is 252 Å². The largest absolute Gasteiger partial charge is 0.508 e. The molecule has 0 aliphatic carbocycles. The van der Waals surface area contributed by atoms with Gasteiger partial charge in [-0.05, 0) is 54.6 Å². The van der Waals surface area contributed by atoms with E-state index in [2.05, 4.69) is 41.5 Å². The molecule has 4 aromatic rings. The van der Waals surface area contributed by atoms with Gasteiger partial charge in [0.2, 0.25) is 17.8 Å². The van der Waals surface area contributed by atoms with Crippen LogP contribution >= 0.6 is 0 Å². The van der Waals surface area contributed by atoms with E-state index >= 15 is 0 Å². The van der Waals surface area contributed by atoms with E-state index in [1.165, 1.54) is 12.1 Å². The highest BCUT2D eigenvalue weighted by atomic mass is 16.5. The average molecular weight is 599 g/mol. The molecule has 0 spiro atoms. The molecular formula is C30H30N8O6. The number of amides is 3. The van der Waals surface area contributed by atoms with Crippen molar-refractivity contribution in [3.63, 3.8) is 0 Å². The topological polar surface area (TPSA) is 189 Å².